The van der Waals surface area contributed by atoms with Crippen molar-refractivity contribution in [3.8, 4) is 0 Å². The molecule has 0 spiro atoms. The molecule has 2 fully saturated rings. The summed E-state index contributed by atoms with van der Waals surface area (Å²) in [7, 11) is 1.79. The standard InChI is InChI=1S/C16H28O3/c1-3-4-5-6-13(18-2)9-7-12-8-10-15-14(12)11-16(17)19-15/h7,9,12-17H,3-6,8,10-11H2,1-2H3/b9-7+. The second-order valence-electron chi connectivity index (χ2n) is 5.92. The summed E-state index contributed by atoms with van der Waals surface area (Å²) in [5.41, 5.74) is 0. The number of aliphatic hydroxyl groups excluding tert-OH is 1. The van der Waals surface area contributed by atoms with Gasteiger partial charge in [0, 0.05) is 13.5 Å². The molecule has 19 heavy (non-hydrogen) atoms. The lowest BCUT2D eigenvalue weighted by molar-refractivity contribution is -0.0906. The molecule has 1 N–H and O–H groups in total. The van der Waals surface area contributed by atoms with E-state index in [4.69, 9.17) is 9.47 Å². The van der Waals surface area contributed by atoms with Crippen molar-refractivity contribution in [2.24, 2.45) is 11.8 Å². The fourth-order valence-electron chi connectivity index (χ4n) is 3.44. The van der Waals surface area contributed by atoms with Gasteiger partial charge in [-0.15, -0.1) is 0 Å². The number of hydrogen-bond acceptors (Lipinski definition) is 3. The zero-order valence-electron chi connectivity index (χ0n) is 12.3. The van der Waals surface area contributed by atoms with Crippen molar-refractivity contribution in [2.75, 3.05) is 7.11 Å². The zero-order chi connectivity index (χ0) is 13.7. The molecular formula is C16H28O3. The van der Waals surface area contributed by atoms with Crippen molar-refractivity contribution in [2.45, 2.75) is 70.4 Å². The topological polar surface area (TPSA) is 38.7 Å². The van der Waals surface area contributed by atoms with Crippen molar-refractivity contribution in [1.82, 2.24) is 0 Å². The van der Waals surface area contributed by atoms with Gasteiger partial charge in [0.15, 0.2) is 6.29 Å². The van der Waals surface area contributed by atoms with E-state index in [1.807, 2.05) is 0 Å². The Morgan fingerprint density at radius 1 is 1.37 bits per heavy atom. The molecule has 0 radical (unpaired) electrons. The van der Waals surface area contributed by atoms with E-state index < -0.39 is 6.29 Å². The van der Waals surface area contributed by atoms with E-state index in [0.29, 0.717) is 11.8 Å². The van der Waals surface area contributed by atoms with Crippen LogP contribution in [0, 0.1) is 11.8 Å². The van der Waals surface area contributed by atoms with E-state index in [1.54, 1.807) is 7.11 Å². The highest BCUT2D eigenvalue weighted by molar-refractivity contribution is 5.02. The van der Waals surface area contributed by atoms with Crippen LogP contribution >= 0.6 is 0 Å². The van der Waals surface area contributed by atoms with Crippen LogP contribution in [0.5, 0.6) is 0 Å². The van der Waals surface area contributed by atoms with Crippen LogP contribution in [0.2, 0.25) is 0 Å². The molecule has 5 atom stereocenters. The SMILES string of the molecule is CCCCCC(/C=C/C1CCC2OC(O)CC12)OC. The minimum absolute atomic E-state index is 0.248. The molecule has 3 nitrogen and oxygen atoms in total. The average molecular weight is 268 g/mol. The molecule has 1 aliphatic carbocycles. The predicted molar refractivity (Wildman–Crippen MR) is 75.8 cm³/mol. The Morgan fingerprint density at radius 2 is 2.21 bits per heavy atom. The summed E-state index contributed by atoms with van der Waals surface area (Å²) in [5.74, 6) is 1.07. The Kier molecular flexibility index (Phi) is 5.86. The maximum atomic E-state index is 9.55. The maximum Gasteiger partial charge on any atom is 0.155 e. The van der Waals surface area contributed by atoms with E-state index in [9.17, 15) is 5.11 Å². The smallest absolute Gasteiger partial charge is 0.155 e. The van der Waals surface area contributed by atoms with Crippen LogP contribution in [0.15, 0.2) is 12.2 Å². The summed E-state index contributed by atoms with van der Waals surface area (Å²) in [6.07, 6.45) is 12.5. The molecule has 1 saturated carbocycles. The van der Waals surface area contributed by atoms with Crippen LogP contribution < -0.4 is 0 Å². The molecule has 2 rings (SSSR count). The van der Waals surface area contributed by atoms with Crippen LogP contribution in [0.1, 0.15) is 51.9 Å². The largest absolute Gasteiger partial charge is 0.377 e. The van der Waals surface area contributed by atoms with Crippen molar-refractivity contribution < 1.29 is 14.6 Å². The Morgan fingerprint density at radius 3 is 2.95 bits per heavy atom. The highest BCUT2D eigenvalue weighted by atomic mass is 16.6. The lowest BCUT2D eigenvalue weighted by Crippen LogP contribution is -2.13. The third kappa shape index (κ3) is 4.04. The van der Waals surface area contributed by atoms with Crippen molar-refractivity contribution in [1.29, 1.82) is 0 Å². The third-order valence-electron chi connectivity index (χ3n) is 4.59. The summed E-state index contributed by atoms with van der Waals surface area (Å²) in [6, 6.07) is 0. The number of ether oxygens (including phenoxy) is 2. The van der Waals surface area contributed by atoms with E-state index >= 15 is 0 Å². The van der Waals surface area contributed by atoms with Gasteiger partial charge in [-0.25, -0.2) is 0 Å². The van der Waals surface area contributed by atoms with E-state index in [2.05, 4.69) is 19.1 Å². The van der Waals surface area contributed by atoms with Crippen molar-refractivity contribution >= 4 is 0 Å². The molecule has 2 aliphatic rings. The number of allylic oxidation sites excluding steroid dienone is 1. The highest BCUT2D eigenvalue weighted by Crippen LogP contribution is 2.43. The number of hydrogen-bond donors (Lipinski definition) is 1. The highest BCUT2D eigenvalue weighted by Gasteiger charge is 2.42. The molecule has 0 amide bonds. The Hall–Kier alpha value is -0.380. The average Bonchev–Trinajstić information content (AvgIpc) is 2.93. The Bertz CT molecular complexity index is 290. The van der Waals surface area contributed by atoms with Gasteiger partial charge in [0.1, 0.15) is 0 Å². The summed E-state index contributed by atoms with van der Waals surface area (Å²) < 4.78 is 11.0. The second-order valence-corrected chi connectivity index (χ2v) is 5.92. The quantitative estimate of drug-likeness (QED) is 0.569. The molecule has 1 saturated heterocycles. The number of aliphatic hydroxyl groups is 1. The van der Waals surface area contributed by atoms with E-state index in [-0.39, 0.29) is 12.2 Å². The number of methoxy groups -OCH3 is 1. The lowest BCUT2D eigenvalue weighted by Gasteiger charge is -2.15. The van der Waals surface area contributed by atoms with Gasteiger partial charge in [-0.3, -0.25) is 0 Å². The zero-order valence-corrected chi connectivity index (χ0v) is 12.3. The molecule has 0 aromatic rings. The van der Waals surface area contributed by atoms with Crippen LogP contribution in [-0.4, -0.2) is 30.7 Å². The Labute approximate surface area is 117 Å². The fourth-order valence-corrected chi connectivity index (χ4v) is 3.44. The predicted octanol–water partition coefficient (Wildman–Crippen LogP) is 3.27. The van der Waals surface area contributed by atoms with Crippen molar-refractivity contribution in [3.63, 3.8) is 0 Å². The van der Waals surface area contributed by atoms with Gasteiger partial charge in [0.25, 0.3) is 0 Å². The molecule has 110 valence electrons. The lowest BCUT2D eigenvalue weighted by atomic mass is 9.92. The molecule has 1 aliphatic heterocycles. The molecular weight excluding hydrogens is 240 g/mol. The first-order valence-corrected chi connectivity index (χ1v) is 7.79. The first-order valence-electron chi connectivity index (χ1n) is 7.79. The summed E-state index contributed by atoms with van der Waals surface area (Å²) in [5, 5.41) is 9.55. The van der Waals surface area contributed by atoms with E-state index in [0.717, 1.165) is 19.3 Å². The second kappa shape index (κ2) is 7.41. The molecule has 3 heteroatoms. The van der Waals surface area contributed by atoms with Gasteiger partial charge >= 0.3 is 0 Å². The number of fused-ring (bicyclic) bond motifs is 1. The van der Waals surface area contributed by atoms with Crippen molar-refractivity contribution in [3.05, 3.63) is 12.2 Å². The summed E-state index contributed by atoms with van der Waals surface area (Å²) in [6.45, 7) is 2.22. The van der Waals surface area contributed by atoms with Gasteiger partial charge in [-0.2, -0.15) is 0 Å². The molecule has 0 aromatic carbocycles. The first-order chi connectivity index (χ1) is 9.24. The van der Waals surface area contributed by atoms with Gasteiger partial charge in [-0.1, -0.05) is 38.3 Å². The number of unbranched alkanes of at least 4 members (excludes halogenated alkanes) is 2. The van der Waals surface area contributed by atoms with Crippen LogP contribution in [-0.2, 0) is 9.47 Å². The van der Waals surface area contributed by atoms with Gasteiger partial charge in [-0.05, 0) is 31.1 Å². The maximum absolute atomic E-state index is 9.55. The molecule has 0 aromatic heterocycles. The van der Waals surface area contributed by atoms with Gasteiger partial charge in [0.05, 0.1) is 12.2 Å². The van der Waals surface area contributed by atoms with Gasteiger partial charge in [0.2, 0.25) is 0 Å². The van der Waals surface area contributed by atoms with Crippen LogP contribution in [0.3, 0.4) is 0 Å². The molecule has 5 unspecified atom stereocenters. The summed E-state index contributed by atoms with van der Waals surface area (Å²) in [4.78, 5) is 0. The van der Waals surface area contributed by atoms with Crippen LogP contribution in [0.4, 0.5) is 0 Å². The number of rotatable bonds is 7. The first kappa shape index (κ1) is 15.0. The minimum atomic E-state index is -0.533. The molecule has 1 heterocycles. The minimum Gasteiger partial charge on any atom is -0.377 e. The summed E-state index contributed by atoms with van der Waals surface area (Å²) >= 11 is 0. The Balaban J connectivity index is 1.80. The monoisotopic (exact) mass is 268 g/mol. The normalized spacial score (nSPS) is 35.9. The van der Waals surface area contributed by atoms with E-state index in [1.165, 1.54) is 25.7 Å². The third-order valence-corrected chi connectivity index (χ3v) is 4.59. The van der Waals surface area contributed by atoms with Crippen LogP contribution in [0.25, 0.3) is 0 Å². The van der Waals surface area contributed by atoms with Gasteiger partial charge < -0.3 is 14.6 Å². The molecule has 0 bridgehead atoms. The fraction of sp³-hybridized carbons (Fsp3) is 0.875.